The maximum atomic E-state index is 5.89. The van der Waals surface area contributed by atoms with Crippen molar-refractivity contribution in [1.29, 1.82) is 0 Å². The molecule has 0 saturated heterocycles. The van der Waals surface area contributed by atoms with Gasteiger partial charge in [-0.25, -0.2) is 0 Å². The minimum Gasteiger partial charge on any atom is -0.326 e. The molecule has 2 heteroatoms. The zero-order chi connectivity index (χ0) is 13.5. The molecule has 0 aliphatic rings. The molecule has 2 N–H and O–H groups in total. The molecule has 2 rings (SSSR count). The molecule has 96 valence electrons. The van der Waals surface area contributed by atoms with Gasteiger partial charge < -0.3 is 5.73 Å². The van der Waals surface area contributed by atoms with E-state index in [0.717, 1.165) is 11.2 Å². The molecular weight excluding hydrogens is 220 g/mol. The molecule has 2 nitrogen and oxygen atoms in total. The highest BCUT2D eigenvalue weighted by atomic mass is 14.7. The summed E-state index contributed by atoms with van der Waals surface area (Å²) in [5.41, 5.74) is 11.9. The fourth-order valence-electron chi connectivity index (χ4n) is 2.15. The largest absolute Gasteiger partial charge is 0.326 e. The van der Waals surface area contributed by atoms with Crippen LogP contribution in [0, 0.1) is 13.8 Å². The van der Waals surface area contributed by atoms with Crippen molar-refractivity contribution in [2.24, 2.45) is 5.73 Å². The van der Waals surface area contributed by atoms with Gasteiger partial charge in [0.15, 0.2) is 0 Å². The van der Waals surface area contributed by atoms with Gasteiger partial charge >= 0.3 is 0 Å². The van der Waals surface area contributed by atoms with Crippen LogP contribution in [0.25, 0.3) is 10.9 Å². The van der Waals surface area contributed by atoms with Crippen LogP contribution in [0.1, 0.15) is 43.2 Å². The monoisotopic (exact) mass is 242 g/mol. The van der Waals surface area contributed by atoms with Gasteiger partial charge in [0.25, 0.3) is 0 Å². The van der Waals surface area contributed by atoms with E-state index < -0.39 is 0 Å². The Morgan fingerprint density at radius 3 is 2.39 bits per heavy atom. The second-order valence-electron chi connectivity index (χ2n) is 6.02. The van der Waals surface area contributed by atoms with Crippen LogP contribution in [0.5, 0.6) is 0 Å². The van der Waals surface area contributed by atoms with E-state index in [1.807, 2.05) is 0 Å². The minimum absolute atomic E-state index is 0.0499. The number of nitrogens with two attached hydrogens (primary N) is 1. The fraction of sp³-hybridized carbons (Fsp3) is 0.438. The Morgan fingerprint density at radius 1 is 1.17 bits per heavy atom. The van der Waals surface area contributed by atoms with E-state index in [9.17, 15) is 0 Å². The highest BCUT2D eigenvalue weighted by Crippen LogP contribution is 2.28. The predicted octanol–water partition coefficient (Wildman–Crippen LogP) is 3.61. The van der Waals surface area contributed by atoms with Crippen LogP contribution >= 0.6 is 0 Å². The van der Waals surface area contributed by atoms with Crippen molar-refractivity contribution in [3.8, 4) is 0 Å². The lowest BCUT2D eigenvalue weighted by Crippen LogP contribution is -2.15. The normalized spacial score (nSPS) is 12.1. The molecule has 0 radical (unpaired) electrons. The van der Waals surface area contributed by atoms with Crippen molar-refractivity contribution in [3.05, 3.63) is 40.6 Å². The van der Waals surface area contributed by atoms with E-state index in [4.69, 9.17) is 10.7 Å². The molecular formula is C16H22N2. The topological polar surface area (TPSA) is 38.9 Å². The third kappa shape index (κ3) is 2.13. The lowest BCUT2D eigenvalue weighted by atomic mass is 9.89. The molecule has 0 aliphatic heterocycles. The summed E-state index contributed by atoms with van der Waals surface area (Å²) >= 11 is 0. The second kappa shape index (κ2) is 4.36. The Balaban J connectivity index is 2.85. The Labute approximate surface area is 109 Å². The summed E-state index contributed by atoms with van der Waals surface area (Å²) in [6.07, 6.45) is 0. The summed E-state index contributed by atoms with van der Waals surface area (Å²) in [6, 6.07) is 6.44. The van der Waals surface area contributed by atoms with Gasteiger partial charge in [0.05, 0.1) is 5.52 Å². The highest BCUT2D eigenvalue weighted by molar-refractivity contribution is 5.86. The minimum atomic E-state index is 0.0499. The van der Waals surface area contributed by atoms with E-state index >= 15 is 0 Å². The van der Waals surface area contributed by atoms with Gasteiger partial charge in [0.1, 0.15) is 0 Å². The van der Waals surface area contributed by atoms with Crippen molar-refractivity contribution < 1.29 is 0 Å². The summed E-state index contributed by atoms with van der Waals surface area (Å²) in [5.74, 6) is 0. The smallest absolute Gasteiger partial charge is 0.0740 e. The number of pyridine rings is 1. The van der Waals surface area contributed by atoms with Crippen LogP contribution in [-0.4, -0.2) is 4.98 Å². The zero-order valence-electron chi connectivity index (χ0n) is 12.0. The highest BCUT2D eigenvalue weighted by Gasteiger charge is 2.18. The van der Waals surface area contributed by atoms with Crippen molar-refractivity contribution in [2.75, 3.05) is 0 Å². The summed E-state index contributed by atoms with van der Waals surface area (Å²) < 4.78 is 0. The average molecular weight is 242 g/mol. The van der Waals surface area contributed by atoms with Gasteiger partial charge in [-0.3, -0.25) is 4.98 Å². The molecule has 0 atom stereocenters. The number of hydrogen-bond donors (Lipinski definition) is 1. The zero-order valence-corrected chi connectivity index (χ0v) is 12.0. The number of aromatic nitrogens is 1. The number of benzene rings is 1. The summed E-state index contributed by atoms with van der Waals surface area (Å²) in [6.45, 7) is 11.4. The van der Waals surface area contributed by atoms with Crippen molar-refractivity contribution in [3.63, 3.8) is 0 Å². The Morgan fingerprint density at radius 2 is 1.83 bits per heavy atom. The number of nitrogens with zero attached hydrogens (tertiary/aromatic N) is 1. The van der Waals surface area contributed by atoms with Crippen LogP contribution in [-0.2, 0) is 12.0 Å². The maximum absolute atomic E-state index is 5.89. The molecule has 0 unspecified atom stereocenters. The van der Waals surface area contributed by atoms with E-state index in [0.29, 0.717) is 6.54 Å². The molecule has 0 bridgehead atoms. The maximum Gasteiger partial charge on any atom is 0.0740 e. The van der Waals surface area contributed by atoms with Gasteiger partial charge in [-0.2, -0.15) is 0 Å². The third-order valence-electron chi connectivity index (χ3n) is 3.58. The van der Waals surface area contributed by atoms with Gasteiger partial charge in [-0.1, -0.05) is 32.9 Å². The van der Waals surface area contributed by atoms with Crippen molar-refractivity contribution >= 4 is 10.9 Å². The van der Waals surface area contributed by atoms with Gasteiger partial charge in [-0.15, -0.1) is 0 Å². The SMILES string of the molecule is Cc1ccc2c(CN)cc(C(C)(C)C)nc2c1C. The number of rotatable bonds is 1. The van der Waals surface area contributed by atoms with Crippen LogP contribution in [0.2, 0.25) is 0 Å². The van der Waals surface area contributed by atoms with Crippen molar-refractivity contribution in [2.45, 2.75) is 46.6 Å². The first-order valence-electron chi connectivity index (χ1n) is 6.45. The summed E-state index contributed by atoms with van der Waals surface area (Å²) in [4.78, 5) is 4.86. The molecule has 0 aliphatic carbocycles. The number of fused-ring (bicyclic) bond motifs is 1. The van der Waals surface area contributed by atoms with Gasteiger partial charge in [0.2, 0.25) is 0 Å². The van der Waals surface area contributed by atoms with Crippen LogP contribution in [0.3, 0.4) is 0 Å². The standard InChI is InChI=1S/C16H22N2/c1-10-6-7-13-12(9-17)8-14(16(3,4)5)18-15(13)11(10)2/h6-8H,9,17H2,1-5H3. The second-order valence-corrected chi connectivity index (χ2v) is 6.02. The molecule has 18 heavy (non-hydrogen) atoms. The van der Waals surface area contributed by atoms with Crippen LogP contribution in [0.4, 0.5) is 0 Å². The molecule has 2 aromatic rings. The first kappa shape index (κ1) is 13.0. The Bertz CT molecular complexity index is 592. The number of aryl methyl sites for hydroxylation is 2. The van der Waals surface area contributed by atoms with Gasteiger partial charge in [0, 0.05) is 23.0 Å². The molecule has 0 fully saturated rings. The molecule has 0 spiro atoms. The quantitative estimate of drug-likeness (QED) is 0.829. The van der Waals surface area contributed by atoms with Gasteiger partial charge in [-0.05, 0) is 36.6 Å². The molecule has 1 heterocycles. The summed E-state index contributed by atoms with van der Waals surface area (Å²) in [5, 5.41) is 1.19. The first-order valence-corrected chi connectivity index (χ1v) is 6.45. The van der Waals surface area contributed by atoms with E-state index in [-0.39, 0.29) is 5.41 Å². The Kier molecular flexibility index (Phi) is 3.16. The Hall–Kier alpha value is -1.41. The van der Waals surface area contributed by atoms with E-state index in [2.05, 4.69) is 52.8 Å². The van der Waals surface area contributed by atoms with Crippen LogP contribution in [0.15, 0.2) is 18.2 Å². The molecule has 0 amide bonds. The van der Waals surface area contributed by atoms with Crippen LogP contribution < -0.4 is 5.73 Å². The molecule has 1 aromatic heterocycles. The van der Waals surface area contributed by atoms with E-state index in [1.165, 1.54) is 22.1 Å². The molecule has 0 saturated carbocycles. The third-order valence-corrected chi connectivity index (χ3v) is 3.58. The number of hydrogen-bond acceptors (Lipinski definition) is 2. The average Bonchev–Trinajstić information content (AvgIpc) is 2.31. The summed E-state index contributed by atoms with van der Waals surface area (Å²) in [7, 11) is 0. The molecule has 1 aromatic carbocycles. The first-order chi connectivity index (χ1) is 8.34. The van der Waals surface area contributed by atoms with E-state index in [1.54, 1.807) is 0 Å². The lowest BCUT2D eigenvalue weighted by Gasteiger charge is -2.20. The fourth-order valence-corrected chi connectivity index (χ4v) is 2.15. The lowest BCUT2D eigenvalue weighted by molar-refractivity contribution is 0.570. The van der Waals surface area contributed by atoms with Crippen molar-refractivity contribution in [1.82, 2.24) is 4.98 Å². The predicted molar refractivity (Wildman–Crippen MR) is 77.8 cm³/mol.